The van der Waals surface area contributed by atoms with Gasteiger partial charge in [0.1, 0.15) is 5.75 Å². The summed E-state index contributed by atoms with van der Waals surface area (Å²) in [5.41, 5.74) is 0.999. The monoisotopic (exact) mass is 181 g/mol. The lowest BCUT2D eigenvalue weighted by Crippen LogP contribution is -1.82. The highest BCUT2D eigenvalue weighted by Gasteiger charge is 2.02. The molecule has 0 saturated heterocycles. The van der Waals surface area contributed by atoms with E-state index in [1.165, 1.54) is 0 Å². The van der Waals surface area contributed by atoms with Crippen LogP contribution in [0.1, 0.15) is 0 Å². The Labute approximate surface area is 75.1 Å². The summed E-state index contributed by atoms with van der Waals surface area (Å²) in [6, 6.07) is 5.66. The van der Waals surface area contributed by atoms with Crippen LogP contribution in [0, 0.1) is 0 Å². The molecule has 0 atom stereocenters. The van der Waals surface area contributed by atoms with Gasteiger partial charge < -0.3 is 9.72 Å². The molecular formula is C9H8ClNO. The van der Waals surface area contributed by atoms with E-state index in [-0.39, 0.29) is 0 Å². The zero-order chi connectivity index (χ0) is 8.55. The smallest absolute Gasteiger partial charge is 0.122 e. The average molecular weight is 182 g/mol. The first-order valence-corrected chi connectivity index (χ1v) is 3.99. The van der Waals surface area contributed by atoms with Gasteiger partial charge in [0.25, 0.3) is 0 Å². The number of H-pyrrole nitrogens is 1. The van der Waals surface area contributed by atoms with Crippen LogP contribution in [-0.2, 0) is 0 Å². The van der Waals surface area contributed by atoms with Gasteiger partial charge in [-0.1, -0.05) is 11.6 Å². The number of rotatable bonds is 1. The van der Waals surface area contributed by atoms with E-state index >= 15 is 0 Å². The number of methoxy groups -OCH3 is 1. The molecule has 0 aliphatic carbocycles. The number of benzene rings is 1. The molecule has 2 nitrogen and oxygen atoms in total. The molecule has 0 fully saturated rings. The number of hydrogen-bond donors (Lipinski definition) is 1. The van der Waals surface area contributed by atoms with Crippen molar-refractivity contribution in [3.05, 3.63) is 29.4 Å². The van der Waals surface area contributed by atoms with Crippen molar-refractivity contribution in [1.29, 1.82) is 0 Å². The fourth-order valence-electron chi connectivity index (χ4n) is 1.21. The van der Waals surface area contributed by atoms with Gasteiger partial charge >= 0.3 is 0 Å². The molecule has 0 aliphatic rings. The number of aromatic amines is 1. The predicted octanol–water partition coefficient (Wildman–Crippen LogP) is 2.83. The average Bonchev–Trinajstić information content (AvgIpc) is 2.52. The van der Waals surface area contributed by atoms with Gasteiger partial charge in [0, 0.05) is 17.6 Å². The van der Waals surface area contributed by atoms with Crippen molar-refractivity contribution in [2.75, 3.05) is 7.11 Å². The molecular weight excluding hydrogens is 174 g/mol. The SMILES string of the molecule is COc1cc(Cl)c2cc[nH]c2c1. The van der Waals surface area contributed by atoms with Gasteiger partial charge in [-0.15, -0.1) is 0 Å². The Hall–Kier alpha value is -1.15. The van der Waals surface area contributed by atoms with Crippen LogP contribution in [0.2, 0.25) is 5.02 Å². The lowest BCUT2D eigenvalue weighted by molar-refractivity contribution is 0.415. The summed E-state index contributed by atoms with van der Waals surface area (Å²) in [4.78, 5) is 3.07. The number of halogens is 1. The molecule has 1 N–H and O–H groups in total. The van der Waals surface area contributed by atoms with Gasteiger partial charge in [-0.05, 0) is 12.1 Å². The zero-order valence-corrected chi connectivity index (χ0v) is 7.35. The first kappa shape index (κ1) is 7.50. The molecule has 0 amide bonds. The maximum absolute atomic E-state index is 5.98. The van der Waals surface area contributed by atoms with Crippen LogP contribution in [0.5, 0.6) is 5.75 Å². The summed E-state index contributed by atoms with van der Waals surface area (Å²) in [7, 11) is 1.63. The molecule has 0 bridgehead atoms. The summed E-state index contributed by atoms with van der Waals surface area (Å²) >= 11 is 5.98. The minimum atomic E-state index is 0.714. The van der Waals surface area contributed by atoms with Crippen LogP contribution < -0.4 is 4.74 Å². The van der Waals surface area contributed by atoms with Crippen LogP contribution in [0.4, 0.5) is 0 Å². The topological polar surface area (TPSA) is 25.0 Å². The second-order valence-corrected chi connectivity index (χ2v) is 2.96. The highest BCUT2D eigenvalue weighted by Crippen LogP contribution is 2.27. The molecule has 62 valence electrons. The Balaban J connectivity index is 2.75. The largest absolute Gasteiger partial charge is 0.497 e. The number of fused-ring (bicyclic) bond motifs is 1. The van der Waals surface area contributed by atoms with E-state index in [0.29, 0.717) is 5.02 Å². The molecule has 2 aromatic rings. The number of aromatic nitrogens is 1. The summed E-state index contributed by atoms with van der Waals surface area (Å²) in [5.74, 6) is 0.773. The summed E-state index contributed by atoms with van der Waals surface area (Å²) in [6.45, 7) is 0. The fraction of sp³-hybridized carbons (Fsp3) is 0.111. The molecule has 0 aliphatic heterocycles. The highest BCUT2D eigenvalue weighted by atomic mass is 35.5. The molecule has 0 radical (unpaired) electrons. The third kappa shape index (κ3) is 1.04. The van der Waals surface area contributed by atoms with Crippen LogP contribution in [0.3, 0.4) is 0 Å². The van der Waals surface area contributed by atoms with E-state index in [4.69, 9.17) is 16.3 Å². The maximum Gasteiger partial charge on any atom is 0.122 e. The second-order valence-electron chi connectivity index (χ2n) is 2.55. The van der Waals surface area contributed by atoms with Crippen LogP contribution >= 0.6 is 11.6 Å². The van der Waals surface area contributed by atoms with Crippen molar-refractivity contribution in [3.63, 3.8) is 0 Å². The van der Waals surface area contributed by atoms with Crippen LogP contribution in [0.25, 0.3) is 10.9 Å². The van der Waals surface area contributed by atoms with Crippen molar-refractivity contribution in [2.24, 2.45) is 0 Å². The fourth-order valence-corrected chi connectivity index (χ4v) is 1.49. The van der Waals surface area contributed by atoms with Gasteiger partial charge in [0.15, 0.2) is 0 Å². The number of hydrogen-bond acceptors (Lipinski definition) is 1. The highest BCUT2D eigenvalue weighted by molar-refractivity contribution is 6.35. The van der Waals surface area contributed by atoms with Gasteiger partial charge in [-0.3, -0.25) is 0 Å². The predicted molar refractivity (Wildman–Crippen MR) is 49.9 cm³/mol. The Bertz CT molecular complexity index is 408. The first-order chi connectivity index (χ1) is 5.81. The van der Waals surface area contributed by atoms with Gasteiger partial charge in [-0.25, -0.2) is 0 Å². The van der Waals surface area contributed by atoms with Crippen molar-refractivity contribution in [3.8, 4) is 5.75 Å². The molecule has 2 rings (SSSR count). The van der Waals surface area contributed by atoms with E-state index in [9.17, 15) is 0 Å². The molecule has 0 unspecified atom stereocenters. The molecule has 0 saturated carbocycles. The van der Waals surface area contributed by atoms with Crippen molar-refractivity contribution in [2.45, 2.75) is 0 Å². The van der Waals surface area contributed by atoms with E-state index in [1.54, 1.807) is 13.2 Å². The van der Waals surface area contributed by atoms with Crippen molar-refractivity contribution < 1.29 is 4.74 Å². The van der Waals surface area contributed by atoms with E-state index < -0.39 is 0 Å². The molecule has 0 spiro atoms. The molecule has 1 heterocycles. The lowest BCUT2D eigenvalue weighted by Gasteiger charge is -2.00. The Kier molecular flexibility index (Phi) is 1.70. The summed E-state index contributed by atoms with van der Waals surface area (Å²) < 4.78 is 5.07. The molecule has 12 heavy (non-hydrogen) atoms. The first-order valence-electron chi connectivity index (χ1n) is 3.62. The zero-order valence-electron chi connectivity index (χ0n) is 6.60. The maximum atomic E-state index is 5.98. The number of ether oxygens (including phenoxy) is 1. The van der Waals surface area contributed by atoms with Gasteiger partial charge in [-0.2, -0.15) is 0 Å². The van der Waals surface area contributed by atoms with E-state index in [1.807, 2.05) is 18.3 Å². The Morgan fingerprint density at radius 2 is 2.25 bits per heavy atom. The normalized spacial score (nSPS) is 10.5. The minimum absolute atomic E-state index is 0.714. The van der Waals surface area contributed by atoms with Gasteiger partial charge in [0.05, 0.1) is 17.6 Å². The quantitative estimate of drug-likeness (QED) is 0.719. The van der Waals surface area contributed by atoms with Crippen molar-refractivity contribution in [1.82, 2.24) is 4.98 Å². The third-order valence-corrected chi connectivity index (χ3v) is 2.14. The third-order valence-electron chi connectivity index (χ3n) is 1.83. The van der Waals surface area contributed by atoms with E-state index in [2.05, 4.69) is 4.98 Å². The second kappa shape index (κ2) is 2.72. The van der Waals surface area contributed by atoms with Crippen LogP contribution in [-0.4, -0.2) is 12.1 Å². The summed E-state index contributed by atoms with van der Waals surface area (Å²) in [5, 5.41) is 1.74. The lowest BCUT2D eigenvalue weighted by atomic mass is 10.2. The van der Waals surface area contributed by atoms with Crippen molar-refractivity contribution >= 4 is 22.5 Å². The Morgan fingerprint density at radius 1 is 1.42 bits per heavy atom. The standard InChI is InChI=1S/C9H8ClNO/c1-12-6-4-8(10)7-2-3-11-9(7)5-6/h2-5,11H,1H3. The Morgan fingerprint density at radius 3 is 3.00 bits per heavy atom. The molecule has 1 aromatic heterocycles. The minimum Gasteiger partial charge on any atom is -0.497 e. The molecule has 1 aromatic carbocycles. The number of nitrogens with one attached hydrogen (secondary N) is 1. The molecule has 3 heteroatoms. The van der Waals surface area contributed by atoms with Crippen LogP contribution in [0.15, 0.2) is 24.4 Å². The van der Waals surface area contributed by atoms with Gasteiger partial charge in [0.2, 0.25) is 0 Å². The summed E-state index contributed by atoms with van der Waals surface area (Å²) in [6.07, 6.45) is 1.86. The van der Waals surface area contributed by atoms with E-state index in [0.717, 1.165) is 16.7 Å².